The van der Waals surface area contributed by atoms with Crippen molar-refractivity contribution in [2.45, 2.75) is 10.8 Å². The molecule has 8 aromatic heterocycles. The zero-order valence-electron chi connectivity index (χ0n) is 61.6. The fraction of sp³-hybridized carbons (Fsp3) is 0.0189. The van der Waals surface area contributed by atoms with E-state index < -0.39 is 10.8 Å². The molecule has 22 aromatic rings. The molecule has 2 aliphatic carbocycles. The number of thiophene rings is 2. The number of benzene rings is 14. The highest BCUT2D eigenvalue weighted by Crippen LogP contribution is 2.60. The number of hydrogen-bond donors (Lipinski definition) is 0. The third kappa shape index (κ3) is 10.3. The molecule has 0 atom stereocenters. The summed E-state index contributed by atoms with van der Waals surface area (Å²) in [4.78, 5) is 21.1. The first-order chi connectivity index (χ1) is 56.4. The van der Waals surface area contributed by atoms with Crippen LogP contribution in [0.5, 0.6) is 0 Å². The van der Waals surface area contributed by atoms with Crippen LogP contribution in [0, 0.1) is 0 Å². The van der Waals surface area contributed by atoms with Gasteiger partial charge >= 0.3 is 0 Å². The number of pyridine rings is 4. The predicted octanol–water partition coefficient (Wildman–Crippen LogP) is 27.2. The minimum Gasteiger partial charge on any atom is -0.290 e. The van der Waals surface area contributed by atoms with Crippen molar-refractivity contribution < 1.29 is 0 Å². The number of nitrogens with zero attached hydrogens (tertiary/aromatic N) is 6. The van der Waals surface area contributed by atoms with Gasteiger partial charge in [-0.25, -0.2) is 9.97 Å². The molecular formula is C106H66N6S2. The van der Waals surface area contributed by atoms with E-state index in [0.29, 0.717) is 0 Å². The van der Waals surface area contributed by atoms with Crippen LogP contribution in [0.4, 0.5) is 0 Å². The number of aromatic nitrogens is 6. The van der Waals surface area contributed by atoms with Gasteiger partial charge in [0, 0.05) is 57.4 Å². The Bertz CT molecular complexity index is 7060. The van der Waals surface area contributed by atoms with Crippen LogP contribution in [0.1, 0.15) is 44.5 Å². The first-order valence-electron chi connectivity index (χ1n) is 38.7. The van der Waals surface area contributed by atoms with E-state index >= 15 is 0 Å². The second-order valence-electron chi connectivity index (χ2n) is 30.1. The Morgan fingerprint density at radius 1 is 0.237 bits per heavy atom. The van der Waals surface area contributed by atoms with Crippen molar-refractivity contribution >= 4 is 96.4 Å². The van der Waals surface area contributed by atoms with Crippen molar-refractivity contribution in [1.29, 1.82) is 0 Å². The van der Waals surface area contributed by atoms with Gasteiger partial charge in [-0.1, -0.05) is 261 Å². The maximum atomic E-state index is 4.99. The van der Waals surface area contributed by atoms with Crippen molar-refractivity contribution in [2.24, 2.45) is 0 Å². The largest absolute Gasteiger partial charge is 0.290 e. The van der Waals surface area contributed by atoms with Crippen LogP contribution < -0.4 is 0 Å². The molecule has 0 spiro atoms. The molecule has 8 heteroatoms. The molecule has 0 unspecified atom stereocenters. The van der Waals surface area contributed by atoms with Crippen LogP contribution in [0.25, 0.3) is 163 Å². The summed E-state index contributed by atoms with van der Waals surface area (Å²) in [7, 11) is 0. The van der Waals surface area contributed by atoms with Crippen molar-refractivity contribution in [3.8, 4) is 89.0 Å². The Morgan fingerprint density at radius 2 is 0.561 bits per heavy atom. The molecule has 8 heterocycles. The van der Waals surface area contributed by atoms with Crippen molar-refractivity contribution in [1.82, 2.24) is 28.7 Å². The SMILES string of the molecule is c1ccc(C2(c3ccccc3)c3cc(-c4cccnc4)ccc3-c3ccc(-c4ccc5cc(-c6ccc7nc8c9ccccc9sc8n7c6)ccc5c4)cc32)cc1.c1ccc(C2(c3ccccc3)c3cc(-c4ccncc4)ccc3-c3ccc(-c4ccc5cc(-c6ccc7nc8c9ccccc9sc8n7c6)ccc5c4)cc32)cc1. The minimum absolute atomic E-state index is 0.504. The average molecular weight is 1490 g/mol. The van der Waals surface area contributed by atoms with Crippen LogP contribution in [0.15, 0.2) is 401 Å². The van der Waals surface area contributed by atoms with Gasteiger partial charge in [-0.2, -0.15) is 0 Å². The van der Waals surface area contributed by atoms with Crippen molar-refractivity contribution in [3.05, 3.63) is 446 Å². The molecule has 0 radical (unpaired) electrons. The highest BCUT2D eigenvalue weighted by molar-refractivity contribution is 7.25. The quantitative estimate of drug-likeness (QED) is 0.137. The van der Waals surface area contributed by atoms with Crippen LogP contribution >= 0.6 is 22.7 Å². The summed E-state index contributed by atoms with van der Waals surface area (Å²) in [6.07, 6.45) is 12.0. The normalized spacial score (nSPS) is 13.1. The van der Waals surface area contributed by atoms with Gasteiger partial charge in [0.2, 0.25) is 0 Å². The molecule has 0 N–H and O–H groups in total. The molecule has 6 nitrogen and oxygen atoms in total. The smallest absolute Gasteiger partial charge is 0.138 e. The zero-order valence-corrected chi connectivity index (χ0v) is 63.2. The van der Waals surface area contributed by atoms with Gasteiger partial charge in [-0.15, -0.1) is 22.7 Å². The van der Waals surface area contributed by atoms with Gasteiger partial charge in [0.15, 0.2) is 0 Å². The topological polar surface area (TPSA) is 60.4 Å². The summed E-state index contributed by atoms with van der Waals surface area (Å²) in [5, 5.41) is 7.31. The van der Waals surface area contributed by atoms with Gasteiger partial charge < -0.3 is 0 Å². The van der Waals surface area contributed by atoms with E-state index in [1.54, 1.807) is 22.7 Å². The van der Waals surface area contributed by atoms with E-state index in [0.717, 1.165) is 33.5 Å². The van der Waals surface area contributed by atoms with Crippen LogP contribution in [-0.4, -0.2) is 28.7 Å². The molecule has 0 amide bonds. The lowest BCUT2D eigenvalue weighted by molar-refractivity contribution is 0.769. The number of fused-ring (bicyclic) bond motifs is 18. The standard InChI is InChI=1S/2C53H33N3S/c1-3-11-42(12-4-1)53(43-13-5-2-6-14-43)47-30-38(21-24-44(47)45-25-22-39(31-48(45)53)40-10-9-27-54-32-40)36-18-17-35-29-37(20-19-34(35)28-36)41-23-26-50-55-51-46-15-7-8-16-49(46)57-52(51)56(50)33-41;1-3-9-42(10-4-1)53(43-11-5-2-6-12-43)47-31-39(34-25-27-54-28-26-34)19-22-44(47)45-23-20-40(32-48(45)53)37-16-15-36-30-38(18-17-35(36)29-37)41-21-24-50-55-51-46-13-7-8-14-49(46)57-52(51)56(50)33-41/h2*1-33H. The Labute approximate surface area is 665 Å². The second-order valence-corrected chi connectivity index (χ2v) is 32.1. The van der Waals surface area contributed by atoms with Crippen LogP contribution in [0.2, 0.25) is 0 Å². The number of hydrogen-bond acceptors (Lipinski definition) is 6. The molecule has 14 aromatic carbocycles. The van der Waals surface area contributed by atoms with E-state index in [9.17, 15) is 0 Å². The van der Waals surface area contributed by atoms with Gasteiger partial charge in [-0.05, 0) is 258 Å². The van der Waals surface area contributed by atoms with Gasteiger partial charge in [0.1, 0.15) is 32.0 Å². The molecule has 2 aliphatic rings. The summed E-state index contributed by atoms with van der Waals surface area (Å²) in [5.74, 6) is 0. The third-order valence-corrected chi connectivity index (χ3v) is 26.3. The van der Waals surface area contributed by atoms with E-state index in [-0.39, 0.29) is 0 Å². The van der Waals surface area contributed by atoms with Gasteiger partial charge in [-0.3, -0.25) is 18.8 Å². The van der Waals surface area contributed by atoms with Crippen LogP contribution in [0.3, 0.4) is 0 Å². The minimum atomic E-state index is -0.509. The first kappa shape index (κ1) is 65.6. The molecule has 0 bridgehead atoms. The molecule has 114 heavy (non-hydrogen) atoms. The van der Waals surface area contributed by atoms with Gasteiger partial charge in [0.05, 0.1) is 10.8 Å². The van der Waals surface area contributed by atoms with E-state index in [1.807, 2.05) is 30.9 Å². The Morgan fingerprint density at radius 3 is 0.939 bits per heavy atom. The van der Waals surface area contributed by atoms with Crippen molar-refractivity contribution in [2.75, 3.05) is 0 Å². The zero-order chi connectivity index (χ0) is 75.0. The second kappa shape index (κ2) is 26.2. The third-order valence-electron chi connectivity index (χ3n) is 24.0. The summed E-state index contributed by atoms with van der Waals surface area (Å²) in [5.41, 5.74) is 32.6. The Hall–Kier alpha value is -14.3. The lowest BCUT2D eigenvalue weighted by Crippen LogP contribution is -2.28. The fourth-order valence-corrected chi connectivity index (χ4v) is 20.9. The average Bonchev–Trinajstić information content (AvgIpc) is 1.53. The Balaban J connectivity index is 0.000000135. The molecule has 0 saturated carbocycles. The maximum Gasteiger partial charge on any atom is 0.138 e. The fourth-order valence-electron chi connectivity index (χ4n) is 18.6. The maximum absolute atomic E-state index is 4.99. The molecule has 532 valence electrons. The monoisotopic (exact) mass is 1490 g/mol. The van der Waals surface area contributed by atoms with Crippen LogP contribution in [-0.2, 0) is 10.8 Å². The summed E-state index contributed by atoms with van der Waals surface area (Å²) < 4.78 is 7.04. The van der Waals surface area contributed by atoms with Gasteiger partial charge in [0.25, 0.3) is 0 Å². The summed E-state index contributed by atoms with van der Waals surface area (Å²) in [6, 6.07) is 134. The lowest BCUT2D eigenvalue weighted by Gasteiger charge is -2.34. The molecule has 0 fully saturated rings. The molecule has 0 aliphatic heterocycles. The highest BCUT2D eigenvalue weighted by Gasteiger charge is 2.48. The molecule has 0 saturated heterocycles. The molecular weight excluding hydrogens is 1420 g/mol. The number of rotatable bonds is 10. The summed E-state index contributed by atoms with van der Waals surface area (Å²) >= 11 is 3.61. The van der Waals surface area contributed by atoms with E-state index in [4.69, 9.17) is 9.97 Å². The number of imidazole rings is 2. The lowest BCUT2D eigenvalue weighted by atomic mass is 9.67. The first-order valence-corrected chi connectivity index (χ1v) is 40.4. The Kier molecular flexibility index (Phi) is 15.1. The van der Waals surface area contributed by atoms with E-state index in [2.05, 4.69) is 389 Å². The van der Waals surface area contributed by atoms with E-state index in [1.165, 1.54) is 174 Å². The predicted molar refractivity (Wildman–Crippen MR) is 474 cm³/mol. The molecule has 24 rings (SSSR count). The summed E-state index contributed by atoms with van der Waals surface area (Å²) in [6.45, 7) is 0. The van der Waals surface area contributed by atoms with Crippen molar-refractivity contribution in [3.63, 3.8) is 0 Å². The highest BCUT2D eigenvalue weighted by atomic mass is 32.1.